The van der Waals surface area contributed by atoms with E-state index in [1.807, 2.05) is 13.8 Å². The Morgan fingerprint density at radius 3 is 1.22 bits per heavy atom. The molecule has 2 aromatic carbocycles. The van der Waals surface area contributed by atoms with Crippen LogP contribution in [0.2, 0.25) is 0 Å². The third kappa shape index (κ3) is 4.74. The van der Waals surface area contributed by atoms with Gasteiger partial charge in [-0.3, -0.25) is 0 Å². The summed E-state index contributed by atoms with van der Waals surface area (Å²) in [5.41, 5.74) is 1.48. The molecule has 0 amide bonds. The number of phenolic OH excluding ortho intramolecular Hbond substituents is 2. The Morgan fingerprint density at radius 1 is 0.593 bits per heavy atom. The highest BCUT2D eigenvalue weighted by atomic mass is 79.9. The lowest BCUT2D eigenvalue weighted by Gasteiger charge is -2.20. The quantitative estimate of drug-likeness (QED) is 0.289. The van der Waals surface area contributed by atoms with Crippen LogP contribution in [0.4, 0.5) is 0 Å². The van der Waals surface area contributed by atoms with Gasteiger partial charge >= 0.3 is 0 Å². The van der Waals surface area contributed by atoms with Crippen molar-refractivity contribution in [3.8, 4) is 23.0 Å². The van der Waals surface area contributed by atoms with Crippen molar-refractivity contribution in [2.75, 3.05) is 0 Å². The van der Waals surface area contributed by atoms with E-state index in [0.717, 1.165) is 41.9 Å². The van der Waals surface area contributed by atoms with E-state index >= 15 is 0 Å². The molecule has 0 saturated carbocycles. The first kappa shape index (κ1) is 24.0. The van der Waals surface area contributed by atoms with Gasteiger partial charge in [-0.2, -0.15) is 0 Å². The number of aromatic hydroxyl groups is 2. The van der Waals surface area contributed by atoms with E-state index in [0.29, 0.717) is 21.8 Å². The molecule has 0 atom stereocenters. The van der Waals surface area contributed by atoms with Gasteiger partial charge < -0.3 is 14.9 Å². The molecule has 9 heteroatoms. The van der Waals surface area contributed by atoms with Gasteiger partial charge in [0.15, 0.2) is 23.0 Å². The average molecular weight is 760 g/mol. The summed E-state index contributed by atoms with van der Waals surface area (Å²) >= 11 is 21.0. The predicted molar refractivity (Wildman–Crippen MR) is 130 cm³/mol. The molecule has 3 nitrogen and oxygen atoms in total. The van der Waals surface area contributed by atoms with Crippen molar-refractivity contribution in [1.82, 2.24) is 0 Å². The minimum atomic E-state index is 0.0289. The molecule has 148 valence electrons. The molecular weight excluding hydrogens is 744 g/mol. The minimum absolute atomic E-state index is 0.0289. The van der Waals surface area contributed by atoms with E-state index in [1.165, 1.54) is 0 Å². The van der Waals surface area contributed by atoms with E-state index in [4.69, 9.17) is 4.74 Å². The third-order valence-corrected chi connectivity index (χ3v) is 10.9. The molecule has 27 heavy (non-hydrogen) atoms. The normalized spacial score (nSPS) is 11.1. The lowest BCUT2D eigenvalue weighted by atomic mass is 10.1. The molecule has 0 aromatic heterocycles. The van der Waals surface area contributed by atoms with Crippen LogP contribution in [0, 0.1) is 0 Å². The van der Waals surface area contributed by atoms with Gasteiger partial charge in [-0.05, 0) is 108 Å². The zero-order chi connectivity index (χ0) is 20.5. The number of halogens is 6. The highest BCUT2D eigenvalue weighted by molar-refractivity contribution is 9.15. The Kier molecular flexibility index (Phi) is 9.02. The fourth-order valence-electron chi connectivity index (χ4n) is 2.59. The first-order valence-electron chi connectivity index (χ1n) is 8.11. The van der Waals surface area contributed by atoms with Gasteiger partial charge in [0.2, 0.25) is 0 Å². The summed E-state index contributed by atoms with van der Waals surface area (Å²) in [6.07, 6.45) is 3.07. The van der Waals surface area contributed by atoms with Crippen LogP contribution in [0.15, 0.2) is 26.8 Å². The summed E-state index contributed by atoms with van der Waals surface area (Å²) in [6.45, 7) is 4.07. The Balaban J connectivity index is 2.71. The highest BCUT2D eigenvalue weighted by Gasteiger charge is 2.26. The van der Waals surface area contributed by atoms with Gasteiger partial charge in [-0.15, -0.1) is 0 Å². The number of rotatable bonds is 6. The maximum absolute atomic E-state index is 10.8. The number of phenols is 2. The predicted octanol–water partition coefficient (Wildman–Crippen LogP) is 9.37. The Morgan fingerprint density at radius 2 is 0.926 bits per heavy atom. The summed E-state index contributed by atoms with van der Waals surface area (Å²) in [4.78, 5) is 0. The van der Waals surface area contributed by atoms with Crippen molar-refractivity contribution in [2.24, 2.45) is 0 Å². The van der Waals surface area contributed by atoms with E-state index in [2.05, 4.69) is 95.6 Å². The van der Waals surface area contributed by atoms with Crippen molar-refractivity contribution in [3.63, 3.8) is 0 Å². The largest absolute Gasteiger partial charge is 0.504 e. The Hall–Kier alpha value is 0.720. The van der Waals surface area contributed by atoms with Crippen LogP contribution in [-0.4, -0.2) is 10.2 Å². The second-order valence-corrected chi connectivity index (χ2v) is 10.6. The number of benzene rings is 2. The fraction of sp³-hybridized carbons (Fsp3) is 0.333. The zero-order valence-corrected chi connectivity index (χ0v) is 23.9. The molecule has 2 aromatic rings. The summed E-state index contributed by atoms with van der Waals surface area (Å²) in [7, 11) is 0. The summed E-state index contributed by atoms with van der Waals surface area (Å²) in [5, 5.41) is 21.6. The first-order valence-corrected chi connectivity index (χ1v) is 12.9. The molecular formula is C18H16Br6O3. The fourth-order valence-corrected chi connectivity index (χ4v) is 6.06. The van der Waals surface area contributed by atoms with Crippen molar-refractivity contribution in [2.45, 2.75) is 39.5 Å². The van der Waals surface area contributed by atoms with E-state index in [-0.39, 0.29) is 23.0 Å². The molecule has 0 aliphatic carbocycles. The van der Waals surface area contributed by atoms with Gasteiger partial charge in [0.05, 0.1) is 17.9 Å². The number of ether oxygens (including phenoxy) is 1. The van der Waals surface area contributed by atoms with Crippen LogP contribution in [-0.2, 0) is 12.8 Å². The molecule has 2 N–H and O–H groups in total. The maximum atomic E-state index is 10.8. The molecule has 0 saturated heterocycles. The Labute approximate surface area is 209 Å². The van der Waals surface area contributed by atoms with E-state index in [9.17, 15) is 10.2 Å². The molecule has 0 aliphatic rings. The second-order valence-electron chi connectivity index (χ2n) is 5.80. The maximum Gasteiger partial charge on any atom is 0.184 e. The number of hydrogen-bond acceptors (Lipinski definition) is 3. The topological polar surface area (TPSA) is 49.7 Å². The van der Waals surface area contributed by atoms with Crippen molar-refractivity contribution in [3.05, 3.63) is 38.0 Å². The lowest BCUT2D eigenvalue weighted by molar-refractivity contribution is 0.376. The monoisotopic (exact) mass is 754 g/mol. The first-order chi connectivity index (χ1) is 12.7. The molecule has 0 aliphatic heterocycles. The van der Waals surface area contributed by atoms with Crippen molar-refractivity contribution >= 4 is 95.6 Å². The van der Waals surface area contributed by atoms with Gasteiger partial charge in [-0.1, -0.05) is 26.7 Å². The smallest absolute Gasteiger partial charge is 0.184 e. The average Bonchev–Trinajstić information content (AvgIpc) is 2.65. The standard InChI is InChI=1S/C18H16Br6O3/c1-3-5-7-9(19)11(21)13(23)17(15(7)25)27-18-14(24)12(22)10(20)8(6-4-2)16(18)26/h25-26H,3-6H2,1-2H3. The van der Waals surface area contributed by atoms with Crippen LogP contribution in [0.1, 0.15) is 37.8 Å². The van der Waals surface area contributed by atoms with E-state index < -0.39 is 0 Å². The third-order valence-electron chi connectivity index (χ3n) is 3.91. The van der Waals surface area contributed by atoms with Crippen molar-refractivity contribution < 1.29 is 14.9 Å². The number of hydrogen-bond donors (Lipinski definition) is 2. The van der Waals surface area contributed by atoms with Crippen LogP contribution in [0.3, 0.4) is 0 Å². The van der Waals surface area contributed by atoms with Gasteiger partial charge in [0.25, 0.3) is 0 Å². The molecule has 0 fully saturated rings. The molecule has 0 radical (unpaired) electrons. The molecule has 0 spiro atoms. The molecule has 2 rings (SSSR count). The van der Waals surface area contributed by atoms with Crippen LogP contribution < -0.4 is 4.74 Å². The highest BCUT2D eigenvalue weighted by Crippen LogP contribution is 2.54. The lowest BCUT2D eigenvalue weighted by Crippen LogP contribution is -1.98. The minimum Gasteiger partial charge on any atom is -0.504 e. The van der Waals surface area contributed by atoms with Crippen LogP contribution in [0.25, 0.3) is 0 Å². The van der Waals surface area contributed by atoms with Gasteiger partial charge in [-0.25, -0.2) is 0 Å². The van der Waals surface area contributed by atoms with Crippen LogP contribution in [0.5, 0.6) is 23.0 Å². The SMILES string of the molecule is CCCc1c(O)c(Oc2c(O)c(CCC)c(Br)c(Br)c2Br)c(Br)c(Br)c1Br. The summed E-state index contributed by atoms with van der Waals surface area (Å²) in [5.74, 6) is 0.532. The molecule has 0 unspecified atom stereocenters. The van der Waals surface area contributed by atoms with Gasteiger partial charge in [0, 0.05) is 20.1 Å². The second kappa shape index (κ2) is 10.2. The van der Waals surface area contributed by atoms with E-state index in [1.54, 1.807) is 0 Å². The van der Waals surface area contributed by atoms with Crippen molar-refractivity contribution in [1.29, 1.82) is 0 Å². The Bertz CT molecular complexity index is 811. The summed E-state index contributed by atoms with van der Waals surface area (Å²) < 4.78 is 10.2. The van der Waals surface area contributed by atoms with Gasteiger partial charge in [0.1, 0.15) is 0 Å². The van der Waals surface area contributed by atoms with Crippen LogP contribution >= 0.6 is 95.6 Å². The summed E-state index contributed by atoms with van der Waals surface area (Å²) in [6, 6.07) is 0. The molecule has 0 bridgehead atoms. The molecule has 0 heterocycles. The zero-order valence-electron chi connectivity index (χ0n) is 14.4.